The summed E-state index contributed by atoms with van der Waals surface area (Å²) >= 11 is 6.55. The highest BCUT2D eigenvalue weighted by Crippen LogP contribution is 2.39. The van der Waals surface area contributed by atoms with Crippen LogP contribution in [-0.2, 0) is 18.6 Å². The number of nitrogens with two attached hydrogens (primary N) is 1. The molecule has 0 fully saturated rings. The molecule has 2 aromatic heterocycles. The van der Waals surface area contributed by atoms with Gasteiger partial charge in [0.25, 0.3) is 0 Å². The number of carbonyl (C=O) groups excluding carboxylic acids is 1. The summed E-state index contributed by atoms with van der Waals surface area (Å²) in [5.41, 5.74) is 7.80. The van der Waals surface area contributed by atoms with Gasteiger partial charge in [0, 0.05) is 48.5 Å². The summed E-state index contributed by atoms with van der Waals surface area (Å²) < 4.78 is 46.9. The Morgan fingerprint density at radius 1 is 1.12 bits per heavy atom. The Balaban J connectivity index is 1.68. The molecule has 0 spiro atoms. The van der Waals surface area contributed by atoms with E-state index in [9.17, 15) is 9.18 Å². The maximum atomic E-state index is 15.7. The fraction of sp³-hybridized carbons (Fsp3) is 0.276. The van der Waals surface area contributed by atoms with Crippen molar-refractivity contribution in [2.24, 2.45) is 5.73 Å². The SMILES string of the molecule is Cc1cccc(C)c1-n1nc2c(c1-c1cc(F)c(NC(N)=O)cc1F)CN(c1ncc(C(C)(C)F)cc1Cl)CC2. The minimum Gasteiger partial charge on any atom is -0.351 e. The van der Waals surface area contributed by atoms with Crippen LogP contribution in [0, 0.1) is 25.5 Å². The van der Waals surface area contributed by atoms with Gasteiger partial charge in [-0.1, -0.05) is 29.8 Å². The van der Waals surface area contributed by atoms with Crippen molar-refractivity contribution < 1.29 is 18.0 Å². The van der Waals surface area contributed by atoms with Crippen LogP contribution in [0.2, 0.25) is 5.02 Å². The lowest BCUT2D eigenvalue weighted by Gasteiger charge is -2.29. The lowest BCUT2D eigenvalue weighted by atomic mass is 9.99. The Morgan fingerprint density at radius 3 is 2.45 bits per heavy atom. The standard InChI is InChI=1S/C29H28ClF3N6O/c1-15-6-5-7-16(2)25(15)39-26(18-11-22(32)24(12-21(18)31)36-28(34)40)19-14-38(9-8-23(19)37-39)27-20(30)10-17(13-35-27)29(3,4)33/h5-7,10-13H,8-9,14H2,1-4H3,(H3,34,36,40). The van der Waals surface area contributed by atoms with Crippen LogP contribution in [0.5, 0.6) is 0 Å². The molecule has 0 saturated heterocycles. The molecule has 11 heteroatoms. The molecular formula is C29H28ClF3N6O. The van der Waals surface area contributed by atoms with Crippen LogP contribution < -0.4 is 16.0 Å². The molecule has 0 radical (unpaired) electrons. The smallest absolute Gasteiger partial charge is 0.316 e. The highest BCUT2D eigenvalue weighted by molar-refractivity contribution is 6.33. The van der Waals surface area contributed by atoms with Gasteiger partial charge in [-0.3, -0.25) is 0 Å². The number of nitrogens with zero attached hydrogens (tertiary/aromatic N) is 4. The average Bonchev–Trinajstić information content (AvgIpc) is 3.23. The number of rotatable bonds is 5. The summed E-state index contributed by atoms with van der Waals surface area (Å²) in [6.45, 7) is 7.47. The molecule has 2 aromatic carbocycles. The van der Waals surface area contributed by atoms with Crippen molar-refractivity contribution in [3.8, 4) is 16.9 Å². The maximum absolute atomic E-state index is 15.7. The zero-order valence-electron chi connectivity index (χ0n) is 22.4. The van der Waals surface area contributed by atoms with E-state index in [1.807, 2.05) is 36.9 Å². The van der Waals surface area contributed by atoms with Crippen molar-refractivity contribution in [3.05, 3.63) is 87.2 Å². The number of alkyl halides is 1. The van der Waals surface area contributed by atoms with E-state index in [1.54, 1.807) is 10.7 Å². The molecule has 0 unspecified atom stereocenters. The lowest BCUT2D eigenvalue weighted by Crippen LogP contribution is -2.31. The fourth-order valence-electron chi connectivity index (χ4n) is 5.08. The van der Waals surface area contributed by atoms with Crippen molar-refractivity contribution in [2.45, 2.75) is 46.3 Å². The minimum absolute atomic E-state index is 0.0284. The Labute approximate surface area is 234 Å². The number of hydrogen-bond donors (Lipinski definition) is 2. The largest absolute Gasteiger partial charge is 0.351 e. The number of anilines is 2. The Morgan fingerprint density at radius 2 is 1.82 bits per heavy atom. The summed E-state index contributed by atoms with van der Waals surface area (Å²) in [7, 11) is 0. The van der Waals surface area contributed by atoms with Crippen molar-refractivity contribution >= 4 is 29.1 Å². The second-order valence-electron chi connectivity index (χ2n) is 10.4. The van der Waals surface area contributed by atoms with Gasteiger partial charge in [-0.25, -0.2) is 27.6 Å². The molecule has 7 nitrogen and oxygen atoms in total. The van der Waals surface area contributed by atoms with Crippen LogP contribution in [-0.4, -0.2) is 27.3 Å². The third-order valence-corrected chi connectivity index (χ3v) is 7.34. The first-order valence-corrected chi connectivity index (χ1v) is 13.1. The van der Waals surface area contributed by atoms with Gasteiger partial charge in [0.15, 0.2) is 0 Å². The third kappa shape index (κ3) is 4.99. The van der Waals surface area contributed by atoms with Crippen LogP contribution in [0.15, 0.2) is 42.6 Å². The van der Waals surface area contributed by atoms with Crippen molar-refractivity contribution in [3.63, 3.8) is 0 Å². The quantitative estimate of drug-likeness (QED) is 0.279. The van der Waals surface area contributed by atoms with Crippen LogP contribution >= 0.6 is 11.6 Å². The highest BCUT2D eigenvalue weighted by Gasteiger charge is 2.31. The zero-order chi connectivity index (χ0) is 28.9. The number of amides is 2. The number of pyridine rings is 1. The van der Waals surface area contributed by atoms with Crippen molar-refractivity contribution in [1.82, 2.24) is 14.8 Å². The number of hydrogen-bond acceptors (Lipinski definition) is 4. The van der Waals surface area contributed by atoms with Gasteiger partial charge < -0.3 is 16.0 Å². The van der Waals surface area contributed by atoms with E-state index in [4.69, 9.17) is 22.4 Å². The van der Waals surface area contributed by atoms with E-state index in [2.05, 4.69) is 10.3 Å². The topological polar surface area (TPSA) is 89.1 Å². The number of benzene rings is 2. The molecule has 5 rings (SSSR count). The van der Waals surface area contributed by atoms with E-state index < -0.39 is 23.3 Å². The summed E-state index contributed by atoms with van der Waals surface area (Å²) in [6.07, 6.45) is 1.94. The Hall–Kier alpha value is -4.05. The number of aryl methyl sites for hydroxylation is 2. The summed E-state index contributed by atoms with van der Waals surface area (Å²) in [4.78, 5) is 17.7. The molecule has 40 heavy (non-hydrogen) atoms. The van der Waals surface area contributed by atoms with Gasteiger partial charge in [-0.15, -0.1) is 0 Å². The Kier molecular flexibility index (Phi) is 6.99. The molecule has 0 aliphatic carbocycles. The number of fused-ring (bicyclic) bond motifs is 1. The number of halogens is 4. The van der Waals surface area contributed by atoms with E-state index in [1.165, 1.54) is 20.0 Å². The third-order valence-electron chi connectivity index (χ3n) is 7.06. The predicted molar refractivity (Wildman–Crippen MR) is 150 cm³/mol. The fourth-order valence-corrected chi connectivity index (χ4v) is 5.36. The van der Waals surface area contributed by atoms with Gasteiger partial charge in [0.2, 0.25) is 0 Å². The monoisotopic (exact) mass is 568 g/mol. The van der Waals surface area contributed by atoms with Crippen molar-refractivity contribution in [1.29, 1.82) is 0 Å². The first-order chi connectivity index (χ1) is 18.8. The van der Waals surface area contributed by atoms with Gasteiger partial charge in [0.05, 0.1) is 27.8 Å². The van der Waals surface area contributed by atoms with Gasteiger partial charge >= 0.3 is 6.03 Å². The number of para-hydroxylation sites is 1. The first-order valence-electron chi connectivity index (χ1n) is 12.7. The molecular weight excluding hydrogens is 541 g/mol. The number of primary amides is 1. The van der Waals surface area contributed by atoms with Crippen LogP contribution in [0.4, 0.5) is 29.5 Å². The Bertz CT molecular complexity index is 1630. The summed E-state index contributed by atoms with van der Waals surface area (Å²) in [6, 6.07) is 8.25. The summed E-state index contributed by atoms with van der Waals surface area (Å²) in [5.74, 6) is -1.15. The predicted octanol–water partition coefficient (Wildman–Crippen LogP) is 6.74. The second kappa shape index (κ2) is 10.2. The zero-order valence-corrected chi connectivity index (χ0v) is 23.2. The number of aromatic nitrogens is 3. The van der Waals surface area contributed by atoms with Crippen LogP contribution in [0.3, 0.4) is 0 Å². The second-order valence-corrected chi connectivity index (χ2v) is 10.8. The van der Waals surface area contributed by atoms with E-state index in [-0.39, 0.29) is 22.8 Å². The molecule has 0 bridgehead atoms. The molecule has 3 N–H and O–H groups in total. The van der Waals surface area contributed by atoms with E-state index >= 15 is 8.78 Å². The molecule has 208 valence electrons. The number of nitrogens with one attached hydrogen (secondary N) is 1. The highest BCUT2D eigenvalue weighted by atomic mass is 35.5. The molecule has 1 aliphatic rings. The van der Waals surface area contributed by atoms with Gasteiger partial charge in [-0.05, 0) is 51.0 Å². The van der Waals surface area contributed by atoms with Crippen LogP contribution in [0.1, 0.15) is 41.8 Å². The molecule has 4 aromatic rings. The van der Waals surface area contributed by atoms with E-state index in [0.29, 0.717) is 35.6 Å². The number of urea groups is 1. The normalized spacial score (nSPS) is 13.3. The minimum atomic E-state index is -1.61. The molecule has 1 aliphatic heterocycles. The average molecular weight is 569 g/mol. The lowest BCUT2D eigenvalue weighted by molar-refractivity contribution is 0.221. The van der Waals surface area contributed by atoms with Gasteiger partial charge in [0.1, 0.15) is 23.1 Å². The molecule has 2 amide bonds. The number of carbonyl (C=O) groups is 1. The molecule has 3 heterocycles. The van der Waals surface area contributed by atoms with E-state index in [0.717, 1.165) is 34.6 Å². The van der Waals surface area contributed by atoms with Crippen LogP contribution in [0.25, 0.3) is 16.9 Å². The maximum Gasteiger partial charge on any atom is 0.316 e. The molecule has 0 saturated carbocycles. The molecule has 0 atom stereocenters. The summed E-state index contributed by atoms with van der Waals surface area (Å²) in [5, 5.41) is 7.26. The van der Waals surface area contributed by atoms with Crippen molar-refractivity contribution in [2.75, 3.05) is 16.8 Å². The first kappa shape index (κ1) is 27.5. The van der Waals surface area contributed by atoms with Gasteiger partial charge in [-0.2, -0.15) is 5.10 Å².